The molecule has 1 unspecified atom stereocenters. The van der Waals surface area contributed by atoms with Gasteiger partial charge in [0.1, 0.15) is 0 Å². The fourth-order valence-electron chi connectivity index (χ4n) is 3.00. The van der Waals surface area contributed by atoms with Crippen molar-refractivity contribution in [3.63, 3.8) is 0 Å². The number of piperidine rings is 1. The van der Waals surface area contributed by atoms with E-state index in [1.165, 1.54) is 23.9 Å². The molecule has 3 nitrogen and oxygen atoms in total. The van der Waals surface area contributed by atoms with Gasteiger partial charge < -0.3 is 10.2 Å². The molecule has 0 spiro atoms. The van der Waals surface area contributed by atoms with Crippen LogP contribution in [0.5, 0.6) is 0 Å². The van der Waals surface area contributed by atoms with Crippen LogP contribution in [0.4, 0.5) is 5.69 Å². The largest absolute Gasteiger partial charge is 0.374 e. The first-order valence-corrected chi connectivity index (χ1v) is 7.58. The Balaban J connectivity index is 1.85. The summed E-state index contributed by atoms with van der Waals surface area (Å²) in [6.07, 6.45) is 4.46. The minimum atomic E-state index is 0.726. The van der Waals surface area contributed by atoms with Gasteiger partial charge in [0.25, 0.3) is 0 Å². The number of pyridine rings is 1. The van der Waals surface area contributed by atoms with Gasteiger partial charge in [-0.2, -0.15) is 0 Å². The molecule has 2 aromatic rings. The third-order valence-electron chi connectivity index (χ3n) is 4.02. The Morgan fingerprint density at radius 3 is 3.10 bits per heavy atom. The number of halogens is 1. The highest BCUT2D eigenvalue weighted by atomic mass is 35.5. The molecule has 3 rings (SSSR count). The first kappa shape index (κ1) is 13.7. The van der Waals surface area contributed by atoms with Gasteiger partial charge in [0.05, 0.1) is 5.52 Å². The van der Waals surface area contributed by atoms with E-state index in [1.807, 2.05) is 18.3 Å². The molecule has 0 aliphatic carbocycles. The van der Waals surface area contributed by atoms with Crippen LogP contribution in [0.3, 0.4) is 0 Å². The molecule has 1 aromatic heterocycles. The van der Waals surface area contributed by atoms with E-state index >= 15 is 0 Å². The van der Waals surface area contributed by atoms with Crippen molar-refractivity contribution in [2.75, 3.05) is 31.6 Å². The summed E-state index contributed by atoms with van der Waals surface area (Å²) >= 11 is 6.04. The number of benzene rings is 1. The second-order valence-electron chi connectivity index (χ2n) is 5.58. The average Bonchev–Trinajstić information content (AvgIpc) is 2.47. The summed E-state index contributed by atoms with van der Waals surface area (Å²) in [6, 6.07) is 8.02. The molecule has 0 radical (unpaired) electrons. The number of nitrogens with zero attached hydrogens (tertiary/aromatic N) is 2. The molecule has 0 saturated carbocycles. The van der Waals surface area contributed by atoms with Gasteiger partial charge in [0, 0.05) is 35.9 Å². The molecule has 4 heteroatoms. The maximum atomic E-state index is 6.04. The molecule has 1 saturated heterocycles. The average molecular weight is 290 g/mol. The second-order valence-corrected chi connectivity index (χ2v) is 6.02. The van der Waals surface area contributed by atoms with Crippen LogP contribution in [0, 0.1) is 5.92 Å². The molecule has 106 valence electrons. The van der Waals surface area contributed by atoms with E-state index in [0.29, 0.717) is 0 Å². The van der Waals surface area contributed by atoms with E-state index in [2.05, 4.69) is 34.4 Å². The summed E-state index contributed by atoms with van der Waals surface area (Å²) in [5.41, 5.74) is 2.20. The van der Waals surface area contributed by atoms with E-state index in [4.69, 9.17) is 11.6 Å². The second kappa shape index (κ2) is 5.98. The van der Waals surface area contributed by atoms with Crippen molar-refractivity contribution in [2.24, 2.45) is 5.92 Å². The highest BCUT2D eigenvalue weighted by molar-refractivity contribution is 6.31. The maximum absolute atomic E-state index is 6.04. The molecule has 20 heavy (non-hydrogen) atoms. The number of fused-ring (bicyclic) bond motifs is 1. The Hall–Kier alpha value is -1.32. The fraction of sp³-hybridized carbons (Fsp3) is 0.438. The summed E-state index contributed by atoms with van der Waals surface area (Å²) in [7, 11) is 2.16. The molecule has 1 aliphatic rings. The topological polar surface area (TPSA) is 28.2 Å². The zero-order valence-corrected chi connectivity index (χ0v) is 12.5. The molecular formula is C16H20ClN3. The van der Waals surface area contributed by atoms with E-state index in [9.17, 15) is 0 Å². The van der Waals surface area contributed by atoms with Gasteiger partial charge in [-0.15, -0.1) is 0 Å². The number of nitrogens with one attached hydrogen (secondary N) is 1. The lowest BCUT2D eigenvalue weighted by molar-refractivity contribution is 0.381. The SMILES string of the molecule is CN(CC1CCCNC1)c1ccnc2cc(Cl)ccc12. The quantitative estimate of drug-likeness (QED) is 0.939. The van der Waals surface area contributed by atoms with E-state index in [1.54, 1.807) is 0 Å². The normalized spacial score (nSPS) is 19.2. The van der Waals surface area contributed by atoms with E-state index < -0.39 is 0 Å². The van der Waals surface area contributed by atoms with Crippen LogP contribution in [0.25, 0.3) is 10.9 Å². The monoisotopic (exact) mass is 289 g/mol. The Labute approximate surface area is 124 Å². The van der Waals surface area contributed by atoms with Crippen molar-refractivity contribution >= 4 is 28.2 Å². The number of rotatable bonds is 3. The highest BCUT2D eigenvalue weighted by Gasteiger charge is 2.16. The number of hydrogen-bond donors (Lipinski definition) is 1. The molecule has 0 bridgehead atoms. The van der Waals surface area contributed by atoms with Crippen molar-refractivity contribution in [2.45, 2.75) is 12.8 Å². The predicted octanol–water partition coefficient (Wildman–Crippen LogP) is 3.32. The first-order valence-electron chi connectivity index (χ1n) is 7.20. The Kier molecular flexibility index (Phi) is 4.08. The summed E-state index contributed by atoms with van der Waals surface area (Å²) in [5.74, 6) is 0.726. The predicted molar refractivity (Wildman–Crippen MR) is 85.6 cm³/mol. The molecule has 1 aliphatic heterocycles. The maximum Gasteiger partial charge on any atom is 0.0737 e. The van der Waals surface area contributed by atoms with Gasteiger partial charge in [-0.05, 0) is 56.1 Å². The van der Waals surface area contributed by atoms with Crippen molar-refractivity contribution in [3.05, 3.63) is 35.5 Å². The van der Waals surface area contributed by atoms with Crippen LogP contribution < -0.4 is 10.2 Å². The third kappa shape index (κ3) is 2.89. The van der Waals surface area contributed by atoms with E-state index in [-0.39, 0.29) is 0 Å². The van der Waals surface area contributed by atoms with Crippen molar-refractivity contribution in [3.8, 4) is 0 Å². The van der Waals surface area contributed by atoms with Gasteiger partial charge >= 0.3 is 0 Å². The first-order chi connectivity index (χ1) is 9.74. The Morgan fingerprint density at radius 2 is 2.30 bits per heavy atom. The highest BCUT2D eigenvalue weighted by Crippen LogP contribution is 2.27. The molecular weight excluding hydrogens is 270 g/mol. The van der Waals surface area contributed by atoms with Crippen molar-refractivity contribution in [1.29, 1.82) is 0 Å². The molecule has 1 N–H and O–H groups in total. The molecule has 1 atom stereocenters. The fourth-order valence-corrected chi connectivity index (χ4v) is 3.17. The molecule has 1 fully saturated rings. The van der Waals surface area contributed by atoms with Crippen LogP contribution in [0.1, 0.15) is 12.8 Å². The molecule has 0 amide bonds. The standard InChI is InChI=1S/C16H20ClN3/c1-20(11-12-3-2-7-18-10-12)16-6-8-19-15-9-13(17)4-5-14(15)16/h4-6,8-9,12,18H,2-3,7,10-11H2,1H3. The van der Waals surface area contributed by atoms with E-state index in [0.717, 1.165) is 36.1 Å². The lowest BCUT2D eigenvalue weighted by atomic mass is 9.99. The van der Waals surface area contributed by atoms with Gasteiger partial charge in [0.15, 0.2) is 0 Å². The minimum absolute atomic E-state index is 0.726. The van der Waals surface area contributed by atoms with Gasteiger partial charge in [-0.1, -0.05) is 11.6 Å². The number of anilines is 1. The number of hydrogen-bond acceptors (Lipinski definition) is 3. The van der Waals surface area contributed by atoms with Gasteiger partial charge in [-0.25, -0.2) is 0 Å². The zero-order chi connectivity index (χ0) is 13.9. The smallest absolute Gasteiger partial charge is 0.0737 e. The van der Waals surface area contributed by atoms with Crippen LogP contribution in [0.2, 0.25) is 5.02 Å². The van der Waals surface area contributed by atoms with Gasteiger partial charge in [-0.3, -0.25) is 4.98 Å². The summed E-state index contributed by atoms with van der Waals surface area (Å²) in [6.45, 7) is 3.37. The Bertz CT molecular complexity index is 593. The minimum Gasteiger partial charge on any atom is -0.374 e. The summed E-state index contributed by atoms with van der Waals surface area (Å²) < 4.78 is 0. The summed E-state index contributed by atoms with van der Waals surface area (Å²) in [5, 5.41) is 5.39. The molecule has 2 heterocycles. The number of aromatic nitrogens is 1. The van der Waals surface area contributed by atoms with Crippen molar-refractivity contribution in [1.82, 2.24) is 10.3 Å². The Morgan fingerprint density at radius 1 is 1.40 bits per heavy atom. The lowest BCUT2D eigenvalue weighted by Gasteiger charge is -2.29. The van der Waals surface area contributed by atoms with Crippen LogP contribution >= 0.6 is 11.6 Å². The van der Waals surface area contributed by atoms with Gasteiger partial charge in [0.2, 0.25) is 0 Å². The van der Waals surface area contributed by atoms with Crippen molar-refractivity contribution < 1.29 is 0 Å². The van der Waals surface area contributed by atoms with Crippen LogP contribution in [0.15, 0.2) is 30.5 Å². The zero-order valence-electron chi connectivity index (χ0n) is 11.8. The summed E-state index contributed by atoms with van der Waals surface area (Å²) in [4.78, 5) is 6.75. The lowest BCUT2D eigenvalue weighted by Crippen LogP contribution is -2.36. The molecule has 1 aromatic carbocycles. The van der Waals surface area contributed by atoms with Crippen LogP contribution in [-0.4, -0.2) is 31.7 Å². The third-order valence-corrected chi connectivity index (χ3v) is 4.26. The van der Waals surface area contributed by atoms with Crippen LogP contribution in [-0.2, 0) is 0 Å².